The summed E-state index contributed by atoms with van der Waals surface area (Å²) in [4.78, 5) is 0. The second-order valence-electron chi connectivity index (χ2n) is 5.70. The van der Waals surface area contributed by atoms with Gasteiger partial charge in [0, 0.05) is 0 Å². The van der Waals surface area contributed by atoms with Gasteiger partial charge in [-0.05, 0) is 44.7 Å². The third kappa shape index (κ3) is 9.38. The van der Waals surface area contributed by atoms with Gasteiger partial charge in [-0.1, -0.05) is 38.5 Å². The van der Waals surface area contributed by atoms with E-state index in [-0.39, 0.29) is 0 Å². The Morgan fingerprint density at radius 3 is 2.42 bits per heavy atom. The fraction of sp³-hybridized carbons (Fsp3) is 1.00. The van der Waals surface area contributed by atoms with Gasteiger partial charge in [-0.3, -0.25) is 5.32 Å². The Bertz CT molecular complexity index is 195. The van der Waals surface area contributed by atoms with E-state index < -0.39 is 6.41 Å². The second kappa shape index (κ2) is 11.6. The predicted octanol–water partition coefficient (Wildman–Crippen LogP) is 2.36. The van der Waals surface area contributed by atoms with Gasteiger partial charge in [0.2, 0.25) is 6.41 Å². The summed E-state index contributed by atoms with van der Waals surface area (Å²) < 4.78 is 5.49. The van der Waals surface area contributed by atoms with Gasteiger partial charge in [-0.15, -0.1) is 0 Å². The molecule has 0 radical (unpaired) electrons. The lowest BCUT2D eigenvalue weighted by atomic mass is 10.0. The lowest BCUT2D eigenvalue weighted by Crippen LogP contribution is -2.33. The zero-order valence-electron chi connectivity index (χ0n) is 12.3. The first kappa shape index (κ1) is 16.9. The zero-order valence-corrected chi connectivity index (χ0v) is 12.3. The van der Waals surface area contributed by atoms with E-state index >= 15 is 0 Å². The van der Waals surface area contributed by atoms with Gasteiger partial charge in [-0.25, -0.2) is 0 Å². The van der Waals surface area contributed by atoms with Crippen LogP contribution in [0.25, 0.3) is 0 Å². The molecule has 0 aliphatic heterocycles. The molecular formula is C15H32N2O2. The lowest BCUT2D eigenvalue weighted by Gasteiger charge is -2.18. The van der Waals surface area contributed by atoms with Crippen molar-refractivity contribution in [3.8, 4) is 0 Å². The van der Waals surface area contributed by atoms with Crippen molar-refractivity contribution in [3.63, 3.8) is 0 Å². The third-order valence-corrected chi connectivity index (χ3v) is 3.91. The maximum atomic E-state index is 9.70. The van der Waals surface area contributed by atoms with Crippen LogP contribution in [0.15, 0.2) is 0 Å². The molecule has 1 aliphatic carbocycles. The molecule has 0 spiro atoms. The maximum Gasteiger partial charge on any atom is 0.213 e. The Morgan fingerprint density at radius 1 is 1.05 bits per heavy atom. The molecule has 0 amide bonds. The zero-order chi connectivity index (χ0) is 13.8. The lowest BCUT2D eigenvalue weighted by molar-refractivity contribution is -0.130. The molecule has 4 nitrogen and oxygen atoms in total. The minimum absolute atomic E-state index is 0.642. The summed E-state index contributed by atoms with van der Waals surface area (Å²) in [5.41, 5.74) is 5.44. The molecule has 0 aromatic heterocycles. The number of nitrogens with one attached hydrogen (secondary N) is 1. The highest BCUT2D eigenvalue weighted by atomic mass is 16.6. The van der Waals surface area contributed by atoms with Gasteiger partial charge >= 0.3 is 0 Å². The van der Waals surface area contributed by atoms with E-state index in [4.69, 9.17) is 10.5 Å². The standard InChI is InChI=1S/C15H32N2O2/c16-11-7-3-4-8-12-17-15(18)19-13-14-9-5-1-2-6-10-14/h14-15,17-18H,1-13,16H2. The molecule has 114 valence electrons. The van der Waals surface area contributed by atoms with E-state index in [1.165, 1.54) is 51.4 Å². The highest BCUT2D eigenvalue weighted by molar-refractivity contribution is 4.64. The van der Waals surface area contributed by atoms with E-state index in [0.29, 0.717) is 12.5 Å². The van der Waals surface area contributed by atoms with Crippen molar-refractivity contribution < 1.29 is 9.84 Å². The van der Waals surface area contributed by atoms with Gasteiger partial charge in [0.05, 0.1) is 6.61 Å². The van der Waals surface area contributed by atoms with Gasteiger partial charge in [0.15, 0.2) is 0 Å². The van der Waals surface area contributed by atoms with Crippen molar-refractivity contribution in [2.24, 2.45) is 11.7 Å². The summed E-state index contributed by atoms with van der Waals surface area (Å²) in [6, 6.07) is 0. The van der Waals surface area contributed by atoms with Crippen LogP contribution >= 0.6 is 0 Å². The first-order chi connectivity index (χ1) is 9.33. The van der Waals surface area contributed by atoms with Crippen LogP contribution in [0.3, 0.4) is 0 Å². The van der Waals surface area contributed by atoms with Crippen LogP contribution in [0.4, 0.5) is 0 Å². The van der Waals surface area contributed by atoms with Crippen LogP contribution in [0.1, 0.15) is 64.2 Å². The van der Waals surface area contributed by atoms with Gasteiger partial charge in [0.25, 0.3) is 0 Å². The van der Waals surface area contributed by atoms with Crippen LogP contribution in [-0.4, -0.2) is 31.2 Å². The molecule has 1 aliphatic rings. The Morgan fingerprint density at radius 2 is 1.74 bits per heavy atom. The van der Waals surface area contributed by atoms with Gasteiger partial charge < -0.3 is 15.6 Å². The smallest absolute Gasteiger partial charge is 0.213 e. The molecule has 1 saturated carbocycles. The summed E-state index contributed by atoms with van der Waals surface area (Å²) in [6.45, 7) is 2.29. The molecule has 0 heterocycles. The van der Waals surface area contributed by atoms with Crippen molar-refractivity contribution >= 4 is 0 Å². The summed E-state index contributed by atoms with van der Waals surface area (Å²) in [5.74, 6) is 0.642. The largest absolute Gasteiger partial charge is 0.356 e. The molecule has 19 heavy (non-hydrogen) atoms. The average Bonchev–Trinajstić information content (AvgIpc) is 2.69. The summed E-state index contributed by atoms with van der Waals surface area (Å²) in [5, 5.41) is 12.7. The predicted molar refractivity (Wildman–Crippen MR) is 78.7 cm³/mol. The first-order valence-corrected chi connectivity index (χ1v) is 8.06. The van der Waals surface area contributed by atoms with Crippen LogP contribution in [0, 0.1) is 5.92 Å². The minimum Gasteiger partial charge on any atom is -0.356 e. The Kier molecular flexibility index (Phi) is 10.4. The molecule has 1 fully saturated rings. The number of hydrogen-bond acceptors (Lipinski definition) is 4. The molecule has 1 rings (SSSR count). The van der Waals surface area contributed by atoms with Gasteiger partial charge in [0.1, 0.15) is 0 Å². The molecule has 4 N–H and O–H groups in total. The van der Waals surface area contributed by atoms with Gasteiger partial charge in [-0.2, -0.15) is 0 Å². The van der Waals surface area contributed by atoms with E-state index in [1.54, 1.807) is 0 Å². The molecule has 1 unspecified atom stereocenters. The second-order valence-corrected chi connectivity index (χ2v) is 5.70. The number of unbranched alkanes of at least 4 members (excludes halogenated alkanes) is 3. The maximum absolute atomic E-state index is 9.70. The number of nitrogens with two attached hydrogens (primary N) is 1. The molecule has 0 bridgehead atoms. The van der Waals surface area contributed by atoms with Crippen molar-refractivity contribution in [1.82, 2.24) is 5.32 Å². The Hall–Kier alpha value is -0.160. The fourth-order valence-electron chi connectivity index (χ4n) is 2.67. The monoisotopic (exact) mass is 272 g/mol. The summed E-state index contributed by atoms with van der Waals surface area (Å²) in [7, 11) is 0. The van der Waals surface area contributed by atoms with Crippen molar-refractivity contribution in [2.45, 2.75) is 70.6 Å². The van der Waals surface area contributed by atoms with Crippen LogP contribution in [0.5, 0.6) is 0 Å². The minimum atomic E-state index is -0.794. The van der Waals surface area contributed by atoms with E-state index in [0.717, 1.165) is 25.9 Å². The number of ether oxygens (including phenoxy) is 1. The highest BCUT2D eigenvalue weighted by Crippen LogP contribution is 2.22. The molecule has 1 atom stereocenters. The third-order valence-electron chi connectivity index (χ3n) is 3.91. The fourth-order valence-corrected chi connectivity index (χ4v) is 2.67. The topological polar surface area (TPSA) is 67.5 Å². The van der Waals surface area contributed by atoms with E-state index in [2.05, 4.69) is 5.32 Å². The number of rotatable bonds is 10. The van der Waals surface area contributed by atoms with Crippen LogP contribution < -0.4 is 11.1 Å². The summed E-state index contributed by atoms with van der Waals surface area (Å²) in [6.07, 6.45) is 11.6. The molecule has 0 aromatic carbocycles. The number of hydrogen-bond donors (Lipinski definition) is 3. The number of aliphatic hydroxyl groups is 1. The highest BCUT2D eigenvalue weighted by Gasteiger charge is 2.14. The van der Waals surface area contributed by atoms with Crippen LogP contribution in [-0.2, 0) is 4.74 Å². The molecule has 0 saturated heterocycles. The normalized spacial score (nSPS) is 19.3. The van der Waals surface area contributed by atoms with Crippen molar-refractivity contribution in [2.75, 3.05) is 19.7 Å². The quantitative estimate of drug-likeness (QED) is 0.324. The van der Waals surface area contributed by atoms with E-state index in [9.17, 15) is 5.11 Å². The number of aliphatic hydroxyl groups excluding tert-OH is 1. The van der Waals surface area contributed by atoms with E-state index in [1.807, 2.05) is 0 Å². The Balaban J connectivity index is 1.93. The van der Waals surface area contributed by atoms with Crippen molar-refractivity contribution in [1.29, 1.82) is 0 Å². The average molecular weight is 272 g/mol. The van der Waals surface area contributed by atoms with Crippen molar-refractivity contribution in [3.05, 3.63) is 0 Å². The summed E-state index contributed by atoms with van der Waals surface area (Å²) >= 11 is 0. The van der Waals surface area contributed by atoms with Crippen LogP contribution in [0.2, 0.25) is 0 Å². The first-order valence-electron chi connectivity index (χ1n) is 8.06. The Labute approximate surface area is 118 Å². The molecular weight excluding hydrogens is 240 g/mol. The molecule has 0 aromatic rings. The SMILES string of the molecule is NCCCCCCNC(O)OCC1CCCCCC1. The molecule has 4 heteroatoms.